The minimum absolute atomic E-state index is 0.0183. The molecule has 4 heterocycles. The molecule has 2 aromatic carbocycles. The van der Waals surface area contributed by atoms with Crippen LogP contribution in [0.25, 0.3) is 22.3 Å². The van der Waals surface area contributed by atoms with E-state index in [9.17, 15) is 43.5 Å². The number of carbonyl (C=O) groups is 7. The molecule has 23 nitrogen and oxygen atoms in total. The lowest BCUT2D eigenvalue weighted by Crippen LogP contribution is -2.52. The molecule has 3 atom stereocenters. The minimum atomic E-state index is -2.05. The number of carbonyl (C=O) groups excluding carboxylic acids is 7. The number of amides is 6. The Hall–Kier alpha value is -7.66. The van der Waals surface area contributed by atoms with E-state index in [1.54, 1.807) is 50.2 Å². The lowest BCUT2D eigenvalue weighted by Gasteiger charge is -2.31. The molecule has 2 aromatic heterocycles. The number of aryl methyl sites for hydroxylation is 1. The first-order valence-electron chi connectivity index (χ1n) is 25.5. The number of rotatable bonds is 29. The maximum absolute atomic E-state index is 15.4. The number of halogens is 1. The third-order valence-corrected chi connectivity index (χ3v) is 13.3. The van der Waals surface area contributed by atoms with Gasteiger partial charge in [-0.05, 0) is 54.5 Å². The zero-order valence-electron chi connectivity index (χ0n) is 43.4. The van der Waals surface area contributed by atoms with Gasteiger partial charge in [0.25, 0.3) is 5.56 Å². The molecular weight excluding hydrogens is 1020 g/mol. The molecule has 7 N–H and O–H groups in total. The van der Waals surface area contributed by atoms with E-state index in [1.165, 1.54) is 10.6 Å². The summed E-state index contributed by atoms with van der Waals surface area (Å²) in [7, 11) is 0. The van der Waals surface area contributed by atoms with Crippen LogP contribution in [0, 0.1) is 25.1 Å². The topological polar surface area (TPSA) is 302 Å². The van der Waals surface area contributed by atoms with E-state index >= 15 is 4.39 Å². The molecule has 7 rings (SSSR count). The Morgan fingerprint density at radius 2 is 1.51 bits per heavy atom. The number of aromatic nitrogens is 2. The van der Waals surface area contributed by atoms with Gasteiger partial charge in [-0.3, -0.25) is 33.6 Å². The Morgan fingerprint density at radius 1 is 0.846 bits per heavy atom. The molecule has 0 saturated carbocycles. The summed E-state index contributed by atoms with van der Waals surface area (Å²) in [5, 5.41) is 27.4. The van der Waals surface area contributed by atoms with Crippen LogP contribution in [0.5, 0.6) is 0 Å². The molecule has 1 aliphatic carbocycles. The van der Waals surface area contributed by atoms with Crippen molar-refractivity contribution < 1.29 is 71.5 Å². The van der Waals surface area contributed by atoms with E-state index in [1.807, 2.05) is 0 Å². The molecule has 0 radical (unpaired) electrons. The summed E-state index contributed by atoms with van der Waals surface area (Å²) in [6.07, 6.45) is 5.84. The second kappa shape index (κ2) is 27.6. The van der Waals surface area contributed by atoms with E-state index < -0.39 is 103 Å². The van der Waals surface area contributed by atoms with Crippen molar-refractivity contribution in [2.24, 2.45) is 0 Å². The van der Waals surface area contributed by atoms with Gasteiger partial charge in [0.15, 0.2) is 5.60 Å². The summed E-state index contributed by atoms with van der Waals surface area (Å²) in [4.78, 5) is 109. The minimum Gasteiger partial charge on any atom is -0.458 e. The van der Waals surface area contributed by atoms with Crippen LogP contribution in [-0.2, 0) is 93.6 Å². The predicted molar refractivity (Wildman–Crippen MR) is 275 cm³/mol. The fourth-order valence-electron chi connectivity index (χ4n) is 9.33. The lowest BCUT2D eigenvalue weighted by atomic mass is 9.81. The molecule has 0 unspecified atom stereocenters. The lowest BCUT2D eigenvalue weighted by molar-refractivity contribution is -0.172. The SMILES string of the molecule is C#CCOCCOCCOCCOCCC(=O)NCC(=O)NCC(=O)N[C@@H](Cc1ccccc1)C(=O)NCC(=O)NCOCC(=O)N[C@H]1CCc2c(C)c(F)cc3nc4c(c1c23)Cn1c-4cc2c(c1=O)COC(=O)[C@]2(O)CC. The maximum atomic E-state index is 15.4. The third kappa shape index (κ3) is 14.5. The first kappa shape index (κ1) is 58.0. The van der Waals surface area contributed by atoms with Crippen molar-refractivity contribution in [3.8, 4) is 23.7 Å². The van der Waals surface area contributed by atoms with Crippen molar-refractivity contribution in [3.05, 3.63) is 97.6 Å². The highest BCUT2D eigenvalue weighted by Crippen LogP contribution is 2.46. The predicted octanol–water partition coefficient (Wildman–Crippen LogP) is -0.113. The van der Waals surface area contributed by atoms with Crippen LogP contribution in [0.15, 0.2) is 47.3 Å². The average Bonchev–Trinajstić information content (AvgIpc) is 4.03. The first-order valence-corrected chi connectivity index (χ1v) is 25.5. The molecule has 0 saturated heterocycles. The van der Waals surface area contributed by atoms with Crippen LogP contribution in [-0.4, -0.2) is 148 Å². The monoisotopic (exact) mass is 1080 g/mol. The largest absolute Gasteiger partial charge is 0.458 e. The van der Waals surface area contributed by atoms with Gasteiger partial charge in [-0.1, -0.05) is 43.2 Å². The summed E-state index contributed by atoms with van der Waals surface area (Å²) in [5.41, 5.74) is 1.86. The van der Waals surface area contributed by atoms with Crippen molar-refractivity contribution in [1.82, 2.24) is 41.5 Å². The summed E-state index contributed by atoms with van der Waals surface area (Å²) < 4.78 is 48.7. The Bertz CT molecular complexity index is 3000. The molecule has 0 spiro atoms. The first-order chi connectivity index (χ1) is 37.6. The summed E-state index contributed by atoms with van der Waals surface area (Å²) in [5.74, 6) is -2.72. The number of benzene rings is 2. The number of hydrogen-bond donors (Lipinski definition) is 7. The van der Waals surface area contributed by atoms with Gasteiger partial charge < -0.3 is 70.0 Å². The summed E-state index contributed by atoms with van der Waals surface area (Å²) >= 11 is 0. The van der Waals surface area contributed by atoms with Gasteiger partial charge in [0.1, 0.15) is 38.4 Å². The van der Waals surface area contributed by atoms with Gasteiger partial charge in [-0.15, -0.1) is 6.42 Å². The molecular formula is C54H63FN8O15. The Balaban J connectivity index is 0.845. The normalized spacial score (nSPS) is 16.1. The Kier molecular flexibility index (Phi) is 20.5. The molecule has 2 aliphatic heterocycles. The number of pyridine rings is 2. The molecule has 416 valence electrons. The summed E-state index contributed by atoms with van der Waals surface area (Å²) in [6.45, 7) is 3.03. The van der Waals surface area contributed by atoms with E-state index in [4.69, 9.17) is 39.8 Å². The number of aliphatic hydroxyl groups is 1. The fourth-order valence-corrected chi connectivity index (χ4v) is 9.33. The quantitative estimate of drug-likeness (QED) is 0.0142. The van der Waals surface area contributed by atoms with Crippen LogP contribution in [0.1, 0.15) is 71.2 Å². The van der Waals surface area contributed by atoms with E-state index in [0.29, 0.717) is 90.4 Å². The molecule has 6 amide bonds. The number of hydrogen-bond acceptors (Lipinski definition) is 16. The highest BCUT2D eigenvalue weighted by Gasteiger charge is 2.46. The second-order valence-corrected chi connectivity index (χ2v) is 18.5. The van der Waals surface area contributed by atoms with Crippen LogP contribution in [0.4, 0.5) is 4.39 Å². The van der Waals surface area contributed by atoms with Gasteiger partial charge in [-0.25, -0.2) is 14.2 Å². The summed E-state index contributed by atoms with van der Waals surface area (Å²) in [6, 6.07) is 9.86. The van der Waals surface area contributed by atoms with Crippen molar-refractivity contribution in [2.45, 2.75) is 76.8 Å². The smallest absolute Gasteiger partial charge is 0.343 e. The van der Waals surface area contributed by atoms with Crippen LogP contribution >= 0.6 is 0 Å². The molecule has 24 heteroatoms. The number of nitrogens with zero attached hydrogens (tertiary/aromatic N) is 2. The van der Waals surface area contributed by atoms with E-state index in [0.717, 1.165) is 5.56 Å². The van der Waals surface area contributed by atoms with Gasteiger partial charge in [-0.2, -0.15) is 0 Å². The zero-order valence-corrected chi connectivity index (χ0v) is 43.4. The average molecular weight is 1080 g/mol. The van der Waals surface area contributed by atoms with Crippen molar-refractivity contribution in [1.29, 1.82) is 0 Å². The van der Waals surface area contributed by atoms with Gasteiger partial charge >= 0.3 is 5.97 Å². The van der Waals surface area contributed by atoms with Crippen LogP contribution in [0.2, 0.25) is 0 Å². The van der Waals surface area contributed by atoms with Gasteiger partial charge in [0, 0.05) is 35.4 Å². The van der Waals surface area contributed by atoms with Crippen molar-refractivity contribution >= 4 is 52.3 Å². The third-order valence-electron chi connectivity index (χ3n) is 13.3. The molecule has 0 fully saturated rings. The number of esters is 1. The standard InChI is InChI=1S/C54H63FN8O15/c1-4-14-73-16-18-75-20-21-76-19-17-74-15-13-43(64)56-25-44(65)57-27-46(67)61-41(22-33-9-7-6-8-10-33)51(69)58-26-45(66)59-31-77-30-47(68)60-39-12-11-34-32(3)38(55)24-40-48(34)49(39)35-28-63-42(50(35)62-40)23-37-36(52(63)70)29-78-53(71)54(37,72)5-2/h1,6-10,23-24,39,41,72H,5,11-22,25-31H2,2-3H3,(H,56,64)(H,57,65)(H,58,69)(H,59,66)(H,60,68)(H,61,67)/t39-,41-,54-/m0/s1. The number of terminal acetylenes is 1. The van der Waals surface area contributed by atoms with E-state index in [-0.39, 0.29) is 63.4 Å². The van der Waals surface area contributed by atoms with Gasteiger partial charge in [0.05, 0.1) is 101 Å². The molecule has 3 aliphatic rings. The van der Waals surface area contributed by atoms with Crippen LogP contribution in [0.3, 0.4) is 0 Å². The maximum Gasteiger partial charge on any atom is 0.343 e. The number of nitrogens with one attached hydrogen (secondary N) is 6. The molecule has 0 bridgehead atoms. The Labute approximate surface area is 447 Å². The number of cyclic esters (lactones) is 1. The number of fused-ring (bicyclic) bond motifs is 5. The molecule has 78 heavy (non-hydrogen) atoms. The number of ether oxygens (including phenoxy) is 6. The second-order valence-electron chi connectivity index (χ2n) is 18.5. The molecule has 4 aromatic rings. The highest BCUT2D eigenvalue weighted by molar-refractivity contribution is 5.95. The van der Waals surface area contributed by atoms with Crippen LogP contribution < -0.4 is 37.5 Å². The Morgan fingerprint density at radius 3 is 2.23 bits per heavy atom. The zero-order chi connectivity index (χ0) is 55.8. The highest BCUT2D eigenvalue weighted by atomic mass is 19.1. The van der Waals surface area contributed by atoms with Crippen molar-refractivity contribution in [2.75, 3.05) is 85.8 Å². The van der Waals surface area contributed by atoms with E-state index in [2.05, 4.69) is 37.8 Å². The van der Waals surface area contributed by atoms with Gasteiger partial charge in [0.2, 0.25) is 35.4 Å². The van der Waals surface area contributed by atoms with Crippen molar-refractivity contribution in [3.63, 3.8) is 0 Å². The fraction of sp³-hybridized carbons (Fsp3) is 0.463.